The van der Waals surface area contributed by atoms with Gasteiger partial charge >= 0.3 is 0 Å². The van der Waals surface area contributed by atoms with Crippen LogP contribution in [0.5, 0.6) is 0 Å². The zero-order chi connectivity index (χ0) is 12.3. The summed E-state index contributed by atoms with van der Waals surface area (Å²) in [5.74, 6) is 0. The summed E-state index contributed by atoms with van der Waals surface area (Å²) in [5, 5.41) is 13.7. The summed E-state index contributed by atoms with van der Waals surface area (Å²) in [6.07, 6.45) is 3.24. The Balaban J connectivity index is 2.09. The van der Waals surface area contributed by atoms with E-state index < -0.39 is 4.92 Å². The molecular formula is C11H9BrN2O3. The second kappa shape index (κ2) is 5.01. The van der Waals surface area contributed by atoms with Gasteiger partial charge in [0.15, 0.2) is 0 Å². The number of halogens is 1. The third kappa shape index (κ3) is 2.85. The fraction of sp³-hybridized carbons (Fsp3) is 0.0909. The van der Waals surface area contributed by atoms with Gasteiger partial charge in [0.1, 0.15) is 0 Å². The summed E-state index contributed by atoms with van der Waals surface area (Å²) in [6, 6.07) is 6.45. The topological polar surface area (TPSA) is 68.3 Å². The molecule has 0 aliphatic rings. The predicted molar refractivity (Wildman–Crippen MR) is 66.8 cm³/mol. The Kier molecular flexibility index (Phi) is 3.43. The van der Waals surface area contributed by atoms with Gasteiger partial charge in [0, 0.05) is 34.4 Å². The molecule has 5 nitrogen and oxygen atoms in total. The van der Waals surface area contributed by atoms with E-state index in [2.05, 4.69) is 21.2 Å². The molecule has 6 heteroatoms. The first-order chi connectivity index (χ1) is 8.16. The van der Waals surface area contributed by atoms with Crippen molar-refractivity contribution in [2.24, 2.45) is 0 Å². The van der Waals surface area contributed by atoms with Crippen molar-refractivity contribution in [2.75, 3.05) is 5.32 Å². The number of nitro benzene ring substituents is 1. The van der Waals surface area contributed by atoms with E-state index in [1.54, 1.807) is 18.6 Å². The lowest BCUT2D eigenvalue weighted by Crippen LogP contribution is -1.99. The van der Waals surface area contributed by atoms with Crippen molar-refractivity contribution in [3.05, 3.63) is 56.9 Å². The molecule has 1 N–H and O–H groups in total. The zero-order valence-electron chi connectivity index (χ0n) is 8.72. The van der Waals surface area contributed by atoms with Crippen molar-refractivity contribution in [3.63, 3.8) is 0 Å². The number of hydrogen-bond acceptors (Lipinski definition) is 4. The molecule has 0 saturated carbocycles. The van der Waals surface area contributed by atoms with Crippen molar-refractivity contribution in [3.8, 4) is 0 Å². The minimum absolute atomic E-state index is 0.0609. The van der Waals surface area contributed by atoms with Gasteiger partial charge in [0.2, 0.25) is 0 Å². The van der Waals surface area contributed by atoms with Crippen molar-refractivity contribution < 1.29 is 9.34 Å². The van der Waals surface area contributed by atoms with Crippen LogP contribution in [0.2, 0.25) is 0 Å². The van der Waals surface area contributed by atoms with Crippen LogP contribution in [-0.4, -0.2) is 4.92 Å². The maximum atomic E-state index is 10.6. The molecule has 1 aromatic heterocycles. The summed E-state index contributed by atoms with van der Waals surface area (Å²) >= 11 is 3.29. The van der Waals surface area contributed by atoms with Crippen LogP contribution < -0.4 is 5.32 Å². The molecule has 2 aromatic rings. The molecular weight excluding hydrogens is 288 g/mol. The molecule has 0 spiro atoms. The fourth-order valence-corrected chi connectivity index (χ4v) is 1.86. The largest absolute Gasteiger partial charge is 0.472 e. The molecule has 0 fully saturated rings. The van der Waals surface area contributed by atoms with E-state index >= 15 is 0 Å². The standard InChI is InChI=1S/C11H9BrN2O3/c12-10-5-9(14(15)16)1-2-11(10)13-6-8-3-4-17-7-8/h1-5,7,13H,6H2. The second-order valence-corrected chi connectivity index (χ2v) is 4.26. The highest BCUT2D eigenvalue weighted by atomic mass is 79.9. The lowest BCUT2D eigenvalue weighted by molar-refractivity contribution is -0.384. The number of nitrogens with one attached hydrogen (secondary N) is 1. The van der Waals surface area contributed by atoms with E-state index in [1.165, 1.54) is 12.1 Å². The Morgan fingerprint density at radius 2 is 2.24 bits per heavy atom. The number of anilines is 1. The highest BCUT2D eigenvalue weighted by molar-refractivity contribution is 9.10. The van der Waals surface area contributed by atoms with Crippen LogP contribution in [-0.2, 0) is 6.54 Å². The molecule has 0 unspecified atom stereocenters. The molecule has 1 heterocycles. The summed E-state index contributed by atoms with van der Waals surface area (Å²) in [7, 11) is 0. The molecule has 0 radical (unpaired) electrons. The Labute approximate surface area is 106 Å². The van der Waals surface area contributed by atoms with Crippen molar-refractivity contribution in [1.82, 2.24) is 0 Å². The summed E-state index contributed by atoms with van der Waals surface area (Å²) in [6.45, 7) is 0.604. The average Bonchev–Trinajstić information content (AvgIpc) is 2.80. The molecule has 0 bridgehead atoms. The highest BCUT2D eigenvalue weighted by Crippen LogP contribution is 2.27. The second-order valence-electron chi connectivity index (χ2n) is 3.41. The third-order valence-electron chi connectivity index (χ3n) is 2.23. The van der Waals surface area contributed by atoms with Crippen LogP contribution in [0.3, 0.4) is 0 Å². The van der Waals surface area contributed by atoms with Gasteiger partial charge in [-0.3, -0.25) is 10.1 Å². The molecule has 2 rings (SSSR count). The normalized spacial score (nSPS) is 10.2. The summed E-state index contributed by atoms with van der Waals surface area (Å²) in [4.78, 5) is 10.1. The quantitative estimate of drug-likeness (QED) is 0.692. The van der Waals surface area contributed by atoms with E-state index in [0.717, 1.165) is 11.3 Å². The number of hydrogen-bond donors (Lipinski definition) is 1. The van der Waals surface area contributed by atoms with Crippen LogP contribution in [0.25, 0.3) is 0 Å². The molecule has 0 atom stereocenters. The lowest BCUT2D eigenvalue weighted by atomic mass is 10.2. The van der Waals surface area contributed by atoms with Gasteiger partial charge in [0.05, 0.1) is 17.4 Å². The molecule has 0 amide bonds. The molecule has 0 saturated heterocycles. The highest BCUT2D eigenvalue weighted by Gasteiger charge is 2.08. The molecule has 17 heavy (non-hydrogen) atoms. The van der Waals surface area contributed by atoms with Gasteiger partial charge in [-0.1, -0.05) is 0 Å². The Morgan fingerprint density at radius 3 is 2.82 bits per heavy atom. The zero-order valence-corrected chi connectivity index (χ0v) is 10.3. The molecule has 1 aromatic carbocycles. The van der Waals surface area contributed by atoms with Crippen molar-refractivity contribution in [2.45, 2.75) is 6.54 Å². The fourth-order valence-electron chi connectivity index (χ4n) is 1.35. The van der Waals surface area contributed by atoms with Gasteiger partial charge in [-0.2, -0.15) is 0 Å². The number of non-ortho nitro benzene ring substituents is 1. The van der Waals surface area contributed by atoms with E-state index in [-0.39, 0.29) is 5.69 Å². The number of benzene rings is 1. The van der Waals surface area contributed by atoms with Crippen LogP contribution in [0.15, 0.2) is 45.7 Å². The first-order valence-electron chi connectivity index (χ1n) is 4.85. The van der Waals surface area contributed by atoms with E-state index in [4.69, 9.17) is 4.42 Å². The van der Waals surface area contributed by atoms with Gasteiger partial charge in [0.25, 0.3) is 5.69 Å². The van der Waals surface area contributed by atoms with Gasteiger partial charge in [-0.05, 0) is 28.1 Å². The number of nitrogens with zero attached hydrogens (tertiary/aromatic N) is 1. The maximum absolute atomic E-state index is 10.6. The van der Waals surface area contributed by atoms with Crippen molar-refractivity contribution >= 4 is 27.3 Å². The lowest BCUT2D eigenvalue weighted by Gasteiger charge is -2.06. The third-order valence-corrected chi connectivity index (χ3v) is 2.88. The number of rotatable bonds is 4. The maximum Gasteiger partial charge on any atom is 0.270 e. The van der Waals surface area contributed by atoms with Crippen LogP contribution in [0, 0.1) is 10.1 Å². The van der Waals surface area contributed by atoms with Gasteiger partial charge in [-0.25, -0.2) is 0 Å². The Morgan fingerprint density at radius 1 is 1.41 bits per heavy atom. The first kappa shape index (κ1) is 11.7. The van der Waals surface area contributed by atoms with Gasteiger partial charge in [-0.15, -0.1) is 0 Å². The Hall–Kier alpha value is -1.82. The van der Waals surface area contributed by atoms with E-state index in [9.17, 15) is 10.1 Å². The monoisotopic (exact) mass is 296 g/mol. The van der Waals surface area contributed by atoms with Crippen LogP contribution in [0.4, 0.5) is 11.4 Å². The summed E-state index contributed by atoms with van der Waals surface area (Å²) < 4.78 is 5.60. The van der Waals surface area contributed by atoms with Crippen molar-refractivity contribution in [1.29, 1.82) is 0 Å². The van der Waals surface area contributed by atoms with Gasteiger partial charge < -0.3 is 9.73 Å². The summed E-state index contributed by atoms with van der Waals surface area (Å²) in [5.41, 5.74) is 1.87. The van der Waals surface area contributed by atoms with E-state index in [1.807, 2.05) is 6.07 Å². The SMILES string of the molecule is O=[N+]([O-])c1ccc(NCc2ccoc2)c(Br)c1. The minimum atomic E-state index is -0.426. The molecule has 0 aliphatic heterocycles. The van der Waals surface area contributed by atoms with Crippen LogP contribution in [0.1, 0.15) is 5.56 Å². The molecule has 0 aliphatic carbocycles. The minimum Gasteiger partial charge on any atom is -0.472 e. The number of furan rings is 1. The predicted octanol–water partition coefficient (Wildman–Crippen LogP) is 3.56. The smallest absolute Gasteiger partial charge is 0.270 e. The first-order valence-corrected chi connectivity index (χ1v) is 5.65. The van der Waals surface area contributed by atoms with Crippen LogP contribution >= 0.6 is 15.9 Å². The Bertz CT molecular complexity index is 526. The van der Waals surface area contributed by atoms with E-state index in [0.29, 0.717) is 11.0 Å². The average molecular weight is 297 g/mol. The molecule has 88 valence electrons. The number of nitro groups is 1.